The van der Waals surface area contributed by atoms with Gasteiger partial charge in [-0.15, -0.1) is 0 Å². The Morgan fingerprint density at radius 3 is 2.38 bits per heavy atom. The van der Waals surface area contributed by atoms with Crippen molar-refractivity contribution in [1.82, 2.24) is 0 Å². The minimum absolute atomic E-state index is 0.0828. The fourth-order valence-corrected chi connectivity index (χ4v) is 2.84. The van der Waals surface area contributed by atoms with Crippen LogP contribution in [0.5, 0.6) is 0 Å². The zero-order valence-electron chi connectivity index (χ0n) is 11.3. The molecule has 0 saturated heterocycles. The van der Waals surface area contributed by atoms with Gasteiger partial charge in [0.15, 0.2) is 0 Å². The van der Waals surface area contributed by atoms with Crippen molar-refractivity contribution in [3.05, 3.63) is 69.7 Å². The van der Waals surface area contributed by atoms with Gasteiger partial charge in [-0.05, 0) is 51.7 Å². The third-order valence-electron chi connectivity index (χ3n) is 3.67. The Bertz CT molecular complexity index is 629. The van der Waals surface area contributed by atoms with E-state index in [-0.39, 0.29) is 19.0 Å². The maximum Gasteiger partial charge on any atom is 0.137 e. The fourth-order valence-electron chi connectivity index (χ4n) is 2.41. The molecule has 0 fully saturated rings. The number of nitrogens with two attached hydrogens (primary N) is 1. The van der Waals surface area contributed by atoms with Crippen LogP contribution in [-0.4, -0.2) is 18.3 Å². The Balaban J connectivity index is 2.43. The Morgan fingerprint density at radius 2 is 1.81 bits per heavy atom. The molecular formula is C16H16BrF2NO. The molecule has 0 amide bonds. The molecule has 0 aliphatic rings. The second-order valence-corrected chi connectivity index (χ2v) is 5.90. The van der Waals surface area contributed by atoms with Crippen LogP contribution in [0.4, 0.5) is 8.78 Å². The minimum Gasteiger partial charge on any atom is -0.395 e. The Kier molecular flexibility index (Phi) is 5.08. The molecule has 1 atom stereocenters. The molecule has 5 heteroatoms. The van der Waals surface area contributed by atoms with Crippen LogP contribution in [0, 0.1) is 11.6 Å². The van der Waals surface area contributed by atoms with E-state index in [2.05, 4.69) is 15.9 Å². The third kappa shape index (κ3) is 3.31. The summed E-state index contributed by atoms with van der Waals surface area (Å²) in [7, 11) is 0. The lowest BCUT2D eigenvalue weighted by molar-refractivity contribution is 0.192. The maximum atomic E-state index is 14.1. The van der Waals surface area contributed by atoms with Gasteiger partial charge in [-0.2, -0.15) is 0 Å². The third-order valence-corrected chi connectivity index (χ3v) is 4.27. The summed E-state index contributed by atoms with van der Waals surface area (Å²) in [5.74, 6) is -0.773. The van der Waals surface area contributed by atoms with Gasteiger partial charge in [0.05, 0.1) is 11.1 Å². The number of rotatable bonds is 5. The normalized spacial score (nSPS) is 14.0. The highest BCUT2D eigenvalue weighted by molar-refractivity contribution is 9.10. The van der Waals surface area contributed by atoms with Crippen molar-refractivity contribution in [1.29, 1.82) is 0 Å². The van der Waals surface area contributed by atoms with Gasteiger partial charge in [0, 0.05) is 12.0 Å². The van der Waals surface area contributed by atoms with Crippen LogP contribution in [0.3, 0.4) is 0 Å². The molecule has 112 valence electrons. The van der Waals surface area contributed by atoms with Crippen LogP contribution < -0.4 is 5.73 Å². The summed E-state index contributed by atoms with van der Waals surface area (Å²) < 4.78 is 27.7. The monoisotopic (exact) mass is 355 g/mol. The van der Waals surface area contributed by atoms with Gasteiger partial charge in [0.2, 0.25) is 0 Å². The highest BCUT2D eigenvalue weighted by atomic mass is 79.9. The summed E-state index contributed by atoms with van der Waals surface area (Å²) in [4.78, 5) is 0. The molecular weight excluding hydrogens is 340 g/mol. The summed E-state index contributed by atoms with van der Waals surface area (Å²) in [6.07, 6.45) is 0.319. The number of hydrogen-bond acceptors (Lipinski definition) is 2. The lowest BCUT2D eigenvalue weighted by Crippen LogP contribution is -2.41. The lowest BCUT2D eigenvalue weighted by Gasteiger charge is -2.31. The second-order valence-electron chi connectivity index (χ2n) is 5.05. The SMILES string of the molecule is NCC(CO)(Cc1ccc(F)c(Br)c1)c1ccccc1F. The quantitative estimate of drug-likeness (QED) is 0.865. The van der Waals surface area contributed by atoms with Crippen LogP contribution in [0.15, 0.2) is 46.9 Å². The van der Waals surface area contributed by atoms with Crippen molar-refractivity contribution < 1.29 is 13.9 Å². The Hall–Kier alpha value is -1.30. The summed E-state index contributed by atoms with van der Waals surface area (Å²) in [6.45, 7) is -0.209. The van der Waals surface area contributed by atoms with E-state index in [0.29, 0.717) is 16.5 Å². The summed E-state index contributed by atoms with van der Waals surface area (Å²) in [5.41, 5.74) is 6.03. The van der Waals surface area contributed by atoms with E-state index in [9.17, 15) is 13.9 Å². The first-order chi connectivity index (χ1) is 10.0. The van der Waals surface area contributed by atoms with Crippen LogP contribution in [0.1, 0.15) is 11.1 Å². The van der Waals surface area contributed by atoms with E-state index in [1.165, 1.54) is 12.1 Å². The molecule has 1 unspecified atom stereocenters. The van der Waals surface area contributed by atoms with Gasteiger partial charge in [0.25, 0.3) is 0 Å². The zero-order valence-corrected chi connectivity index (χ0v) is 12.9. The highest BCUT2D eigenvalue weighted by Gasteiger charge is 2.33. The molecule has 0 aromatic heterocycles. The molecule has 0 aliphatic carbocycles. The van der Waals surface area contributed by atoms with Crippen LogP contribution in [0.25, 0.3) is 0 Å². The topological polar surface area (TPSA) is 46.2 Å². The number of benzene rings is 2. The fraction of sp³-hybridized carbons (Fsp3) is 0.250. The van der Waals surface area contributed by atoms with Crippen molar-refractivity contribution in [2.75, 3.05) is 13.2 Å². The van der Waals surface area contributed by atoms with Crippen LogP contribution in [-0.2, 0) is 11.8 Å². The Labute approximate surface area is 130 Å². The molecule has 21 heavy (non-hydrogen) atoms. The van der Waals surface area contributed by atoms with Crippen molar-refractivity contribution in [3.8, 4) is 0 Å². The average molecular weight is 356 g/mol. The molecule has 0 aliphatic heterocycles. The molecule has 2 nitrogen and oxygen atoms in total. The van der Waals surface area contributed by atoms with Gasteiger partial charge in [-0.3, -0.25) is 0 Å². The van der Waals surface area contributed by atoms with Gasteiger partial charge in [-0.1, -0.05) is 24.3 Å². The van der Waals surface area contributed by atoms with Gasteiger partial charge in [0.1, 0.15) is 11.6 Å². The molecule has 0 radical (unpaired) electrons. The van der Waals surface area contributed by atoms with Crippen molar-refractivity contribution in [3.63, 3.8) is 0 Å². The first-order valence-electron chi connectivity index (χ1n) is 6.52. The van der Waals surface area contributed by atoms with Crippen molar-refractivity contribution >= 4 is 15.9 Å². The van der Waals surface area contributed by atoms with Crippen molar-refractivity contribution in [2.45, 2.75) is 11.8 Å². The average Bonchev–Trinajstić information content (AvgIpc) is 2.49. The highest BCUT2D eigenvalue weighted by Crippen LogP contribution is 2.30. The summed E-state index contributed by atoms with van der Waals surface area (Å²) in [6, 6.07) is 10.8. The maximum absolute atomic E-state index is 14.1. The number of hydrogen-bond donors (Lipinski definition) is 2. The van der Waals surface area contributed by atoms with E-state index < -0.39 is 11.2 Å². The zero-order chi connectivity index (χ0) is 15.5. The molecule has 0 saturated carbocycles. The van der Waals surface area contributed by atoms with E-state index in [4.69, 9.17) is 5.73 Å². The second kappa shape index (κ2) is 6.64. The molecule has 0 heterocycles. The molecule has 2 aromatic carbocycles. The molecule has 2 rings (SSSR count). The number of aliphatic hydroxyl groups excluding tert-OH is 1. The van der Waals surface area contributed by atoms with Crippen LogP contribution >= 0.6 is 15.9 Å². The predicted octanol–water partition coefficient (Wildman–Crippen LogP) is 3.16. The van der Waals surface area contributed by atoms with Gasteiger partial charge >= 0.3 is 0 Å². The summed E-state index contributed by atoms with van der Waals surface area (Å²) in [5, 5.41) is 9.81. The largest absolute Gasteiger partial charge is 0.395 e. The first kappa shape index (κ1) is 16.1. The number of halogens is 3. The van der Waals surface area contributed by atoms with E-state index >= 15 is 0 Å². The minimum atomic E-state index is -0.928. The molecule has 0 spiro atoms. The molecule has 3 N–H and O–H groups in total. The number of aliphatic hydroxyl groups is 1. The van der Waals surface area contributed by atoms with E-state index in [1.54, 1.807) is 30.3 Å². The predicted molar refractivity (Wildman–Crippen MR) is 82.0 cm³/mol. The molecule has 2 aromatic rings. The smallest absolute Gasteiger partial charge is 0.137 e. The van der Waals surface area contributed by atoms with Gasteiger partial charge in [-0.25, -0.2) is 8.78 Å². The van der Waals surface area contributed by atoms with Gasteiger partial charge < -0.3 is 10.8 Å². The lowest BCUT2D eigenvalue weighted by atomic mass is 9.76. The standard InChI is InChI=1S/C16H16BrF2NO/c17-13-7-11(5-6-15(13)19)8-16(9-20,10-21)12-3-1-2-4-14(12)18/h1-7,21H,8-10,20H2. The first-order valence-corrected chi connectivity index (χ1v) is 7.31. The van der Waals surface area contributed by atoms with Crippen LogP contribution in [0.2, 0.25) is 0 Å². The van der Waals surface area contributed by atoms with Crippen molar-refractivity contribution in [2.24, 2.45) is 5.73 Å². The van der Waals surface area contributed by atoms with E-state index in [1.807, 2.05) is 0 Å². The summed E-state index contributed by atoms with van der Waals surface area (Å²) >= 11 is 3.13. The Morgan fingerprint density at radius 1 is 1.10 bits per heavy atom. The van der Waals surface area contributed by atoms with E-state index in [0.717, 1.165) is 5.56 Å². The molecule has 0 bridgehead atoms.